The Bertz CT molecular complexity index is 449. The van der Waals surface area contributed by atoms with E-state index in [1.807, 2.05) is 0 Å². The molecule has 2 fully saturated rings. The summed E-state index contributed by atoms with van der Waals surface area (Å²) in [4.78, 5) is 2.67. The third-order valence-corrected chi connectivity index (χ3v) is 5.98. The van der Waals surface area contributed by atoms with Gasteiger partial charge in [0.2, 0.25) is 0 Å². The Morgan fingerprint density at radius 1 is 1.11 bits per heavy atom. The molecule has 0 radical (unpaired) electrons. The monoisotopic (exact) mass is 322 g/mol. The molecule has 2 atom stereocenters. The maximum atomic E-state index is 6.22. The van der Waals surface area contributed by atoms with Crippen molar-refractivity contribution in [3.05, 3.63) is 27.7 Å². The fourth-order valence-electron chi connectivity index (χ4n) is 3.92. The van der Waals surface area contributed by atoms with Gasteiger partial charge in [-0.05, 0) is 69.2 Å². The Balaban J connectivity index is 1.97. The van der Waals surface area contributed by atoms with Crippen LogP contribution in [0.3, 0.4) is 0 Å². The van der Waals surface area contributed by atoms with Crippen LogP contribution < -0.4 is 10.6 Å². The predicted octanol–water partition coefficient (Wildman–Crippen LogP) is 3.91. The zero-order chi connectivity index (χ0) is 13.6. The number of benzene rings is 1. The van der Waals surface area contributed by atoms with Crippen LogP contribution in [-0.4, -0.2) is 18.1 Å². The number of hydrogen-bond acceptors (Lipinski definition) is 2. The number of nitrogens with two attached hydrogens (primary N) is 1. The molecule has 2 aliphatic heterocycles. The van der Waals surface area contributed by atoms with E-state index in [1.165, 1.54) is 40.5 Å². The second kappa shape index (κ2) is 5.10. The first kappa shape index (κ1) is 13.4. The first-order chi connectivity index (χ1) is 9.06. The van der Waals surface area contributed by atoms with E-state index >= 15 is 0 Å². The minimum absolute atomic E-state index is 0.407. The summed E-state index contributed by atoms with van der Waals surface area (Å²) in [6, 6.07) is 6.38. The second-order valence-electron chi connectivity index (χ2n) is 6.27. The Labute approximate surface area is 124 Å². The summed E-state index contributed by atoms with van der Waals surface area (Å²) in [5.74, 6) is 0. The van der Waals surface area contributed by atoms with Crippen molar-refractivity contribution < 1.29 is 0 Å². The lowest BCUT2D eigenvalue weighted by Crippen LogP contribution is -2.55. The molecule has 2 aliphatic rings. The number of fused-ring (bicyclic) bond motifs is 2. The minimum atomic E-state index is 0.407. The van der Waals surface area contributed by atoms with Crippen molar-refractivity contribution in [2.75, 3.05) is 4.90 Å². The Morgan fingerprint density at radius 2 is 1.63 bits per heavy atom. The zero-order valence-corrected chi connectivity index (χ0v) is 13.4. The SMILES string of the molecule is Cc1cc(N2C3CCCC2CC(N)C3)cc(C)c1Br. The van der Waals surface area contributed by atoms with E-state index in [0.717, 1.165) is 12.8 Å². The third kappa shape index (κ3) is 2.43. The van der Waals surface area contributed by atoms with Gasteiger partial charge in [0.05, 0.1) is 0 Å². The number of aryl methyl sites for hydroxylation is 2. The molecule has 0 saturated carbocycles. The van der Waals surface area contributed by atoms with Crippen molar-refractivity contribution in [2.45, 2.75) is 64.1 Å². The van der Waals surface area contributed by atoms with Gasteiger partial charge in [-0.25, -0.2) is 0 Å². The van der Waals surface area contributed by atoms with E-state index in [0.29, 0.717) is 18.1 Å². The molecule has 3 rings (SSSR count). The Kier molecular flexibility index (Phi) is 3.61. The smallest absolute Gasteiger partial charge is 0.0377 e. The molecule has 1 aromatic carbocycles. The molecule has 3 heteroatoms. The first-order valence-electron chi connectivity index (χ1n) is 7.37. The molecule has 2 unspecified atom stereocenters. The standard InChI is InChI=1S/C16H23BrN2/c1-10-6-15(7-11(2)16(10)17)19-13-4-3-5-14(19)9-12(18)8-13/h6-7,12-14H,3-5,8-9,18H2,1-2H3. The van der Waals surface area contributed by atoms with Crippen molar-refractivity contribution in [1.29, 1.82) is 0 Å². The van der Waals surface area contributed by atoms with E-state index < -0.39 is 0 Å². The number of hydrogen-bond donors (Lipinski definition) is 1. The number of halogens is 1. The quantitative estimate of drug-likeness (QED) is 0.849. The van der Waals surface area contributed by atoms with Gasteiger partial charge < -0.3 is 10.6 Å². The predicted molar refractivity (Wildman–Crippen MR) is 84.7 cm³/mol. The molecule has 2 nitrogen and oxygen atoms in total. The van der Waals surface area contributed by atoms with Gasteiger partial charge >= 0.3 is 0 Å². The van der Waals surface area contributed by atoms with Gasteiger partial charge in [0.1, 0.15) is 0 Å². The molecule has 0 spiro atoms. The van der Waals surface area contributed by atoms with Crippen LogP contribution in [0.5, 0.6) is 0 Å². The number of rotatable bonds is 1. The fraction of sp³-hybridized carbons (Fsp3) is 0.625. The Hall–Kier alpha value is -0.540. The molecular weight excluding hydrogens is 300 g/mol. The zero-order valence-electron chi connectivity index (χ0n) is 11.8. The molecule has 2 bridgehead atoms. The molecule has 0 amide bonds. The summed E-state index contributed by atoms with van der Waals surface area (Å²) in [6.45, 7) is 4.37. The first-order valence-corrected chi connectivity index (χ1v) is 8.16. The molecule has 19 heavy (non-hydrogen) atoms. The molecule has 2 heterocycles. The number of anilines is 1. The van der Waals surface area contributed by atoms with Crippen molar-refractivity contribution in [3.8, 4) is 0 Å². The van der Waals surface area contributed by atoms with E-state index in [-0.39, 0.29) is 0 Å². The van der Waals surface area contributed by atoms with Gasteiger partial charge in [0.25, 0.3) is 0 Å². The third-order valence-electron chi connectivity index (χ3n) is 4.73. The highest BCUT2D eigenvalue weighted by Crippen LogP contribution is 2.39. The van der Waals surface area contributed by atoms with Gasteiger partial charge in [-0.15, -0.1) is 0 Å². The van der Waals surface area contributed by atoms with Crippen LogP contribution in [0.1, 0.15) is 43.2 Å². The molecule has 104 valence electrons. The highest BCUT2D eigenvalue weighted by molar-refractivity contribution is 9.10. The van der Waals surface area contributed by atoms with Crippen LogP contribution in [0.15, 0.2) is 16.6 Å². The van der Waals surface area contributed by atoms with Crippen molar-refractivity contribution in [2.24, 2.45) is 5.73 Å². The summed E-state index contributed by atoms with van der Waals surface area (Å²) in [5, 5.41) is 0. The topological polar surface area (TPSA) is 29.3 Å². The lowest BCUT2D eigenvalue weighted by atomic mass is 9.81. The lowest BCUT2D eigenvalue weighted by Gasteiger charge is -2.50. The lowest BCUT2D eigenvalue weighted by molar-refractivity contribution is 0.271. The van der Waals surface area contributed by atoms with Gasteiger partial charge in [0.15, 0.2) is 0 Å². The second-order valence-corrected chi connectivity index (χ2v) is 7.06. The Morgan fingerprint density at radius 3 is 2.16 bits per heavy atom. The molecule has 0 aliphatic carbocycles. The molecule has 2 N–H and O–H groups in total. The van der Waals surface area contributed by atoms with Gasteiger partial charge in [-0.2, -0.15) is 0 Å². The van der Waals surface area contributed by atoms with Crippen LogP contribution in [0.2, 0.25) is 0 Å². The summed E-state index contributed by atoms with van der Waals surface area (Å²) in [5.41, 5.74) is 10.3. The average Bonchev–Trinajstić information content (AvgIpc) is 2.34. The average molecular weight is 323 g/mol. The van der Waals surface area contributed by atoms with E-state index in [1.54, 1.807) is 0 Å². The van der Waals surface area contributed by atoms with Crippen LogP contribution in [-0.2, 0) is 0 Å². The van der Waals surface area contributed by atoms with Crippen molar-refractivity contribution in [1.82, 2.24) is 0 Å². The van der Waals surface area contributed by atoms with Gasteiger partial charge in [-0.1, -0.05) is 15.9 Å². The van der Waals surface area contributed by atoms with Crippen molar-refractivity contribution >= 4 is 21.6 Å². The van der Waals surface area contributed by atoms with Gasteiger partial charge in [-0.3, -0.25) is 0 Å². The minimum Gasteiger partial charge on any atom is -0.365 e. The largest absolute Gasteiger partial charge is 0.365 e. The summed E-state index contributed by atoms with van der Waals surface area (Å²) < 4.78 is 1.25. The van der Waals surface area contributed by atoms with E-state index in [2.05, 4.69) is 46.8 Å². The number of nitrogens with zero attached hydrogens (tertiary/aromatic N) is 1. The summed E-state index contributed by atoms with van der Waals surface area (Å²) >= 11 is 3.67. The molecule has 2 saturated heterocycles. The van der Waals surface area contributed by atoms with E-state index in [9.17, 15) is 0 Å². The van der Waals surface area contributed by atoms with Crippen LogP contribution in [0.4, 0.5) is 5.69 Å². The maximum absolute atomic E-state index is 6.22. The fourth-order valence-corrected chi connectivity index (χ4v) is 4.15. The van der Waals surface area contributed by atoms with Gasteiger partial charge in [0, 0.05) is 28.3 Å². The summed E-state index contributed by atoms with van der Waals surface area (Å²) in [7, 11) is 0. The van der Waals surface area contributed by atoms with Crippen LogP contribution >= 0.6 is 15.9 Å². The molecule has 0 aromatic heterocycles. The molecular formula is C16H23BrN2. The highest BCUT2D eigenvalue weighted by Gasteiger charge is 2.37. The molecule has 1 aromatic rings. The van der Waals surface area contributed by atoms with E-state index in [4.69, 9.17) is 5.73 Å². The van der Waals surface area contributed by atoms with Crippen LogP contribution in [0.25, 0.3) is 0 Å². The van der Waals surface area contributed by atoms with Crippen LogP contribution in [0, 0.1) is 13.8 Å². The maximum Gasteiger partial charge on any atom is 0.0377 e. The van der Waals surface area contributed by atoms with Crippen molar-refractivity contribution in [3.63, 3.8) is 0 Å². The number of piperidine rings is 2. The normalized spacial score (nSPS) is 30.5. The summed E-state index contributed by atoms with van der Waals surface area (Å²) in [6.07, 6.45) is 6.29. The highest BCUT2D eigenvalue weighted by atomic mass is 79.9.